The molecule has 4 heteroatoms. The van der Waals surface area contributed by atoms with Crippen molar-refractivity contribution in [1.29, 1.82) is 0 Å². The SMILES string of the molecule is CC[C@H](C)NC(=O)c1cccc(CN[C@H](C)c2cccs2)c1. The first-order valence-corrected chi connectivity index (χ1v) is 8.64. The second-order valence-corrected chi connectivity index (χ2v) is 6.58. The highest BCUT2D eigenvalue weighted by molar-refractivity contribution is 7.10. The van der Waals surface area contributed by atoms with Gasteiger partial charge < -0.3 is 10.6 Å². The van der Waals surface area contributed by atoms with E-state index in [1.54, 1.807) is 11.3 Å². The van der Waals surface area contributed by atoms with Gasteiger partial charge in [-0.3, -0.25) is 4.79 Å². The van der Waals surface area contributed by atoms with Crippen molar-refractivity contribution < 1.29 is 4.79 Å². The normalized spacial score (nSPS) is 13.6. The number of rotatable bonds is 7. The van der Waals surface area contributed by atoms with E-state index in [4.69, 9.17) is 0 Å². The van der Waals surface area contributed by atoms with Crippen molar-refractivity contribution in [2.24, 2.45) is 0 Å². The van der Waals surface area contributed by atoms with E-state index in [1.165, 1.54) is 4.88 Å². The molecular weight excluding hydrogens is 292 g/mol. The Morgan fingerprint density at radius 3 is 2.73 bits per heavy atom. The number of amides is 1. The third kappa shape index (κ3) is 4.68. The molecule has 0 aliphatic heterocycles. The van der Waals surface area contributed by atoms with E-state index in [1.807, 2.05) is 31.2 Å². The second-order valence-electron chi connectivity index (χ2n) is 5.60. The van der Waals surface area contributed by atoms with Gasteiger partial charge in [0.25, 0.3) is 5.91 Å². The zero-order valence-corrected chi connectivity index (χ0v) is 14.2. The van der Waals surface area contributed by atoms with Crippen LogP contribution in [0.1, 0.15) is 54.0 Å². The van der Waals surface area contributed by atoms with E-state index in [0.717, 1.165) is 24.1 Å². The summed E-state index contributed by atoms with van der Waals surface area (Å²) in [6, 6.07) is 12.5. The number of nitrogens with one attached hydrogen (secondary N) is 2. The van der Waals surface area contributed by atoms with E-state index in [-0.39, 0.29) is 11.9 Å². The molecule has 0 spiro atoms. The van der Waals surface area contributed by atoms with Crippen molar-refractivity contribution in [3.63, 3.8) is 0 Å². The topological polar surface area (TPSA) is 41.1 Å². The molecule has 2 N–H and O–H groups in total. The Morgan fingerprint density at radius 1 is 1.23 bits per heavy atom. The molecule has 1 aromatic carbocycles. The van der Waals surface area contributed by atoms with Crippen LogP contribution in [0.4, 0.5) is 0 Å². The highest BCUT2D eigenvalue weighted by Crippen LogP contribution is 2.18. The summed E-state index contributed by atoms with van der Waals surface area (Å²) in [7, 11) is 0. The summed E-state index contributed by atoms with van der Waals surface area (Å²) < 4.78 is 0. The summed E-state index contributed by atoms with van der Waals surface area (Å²) >= 11 is 1.76. The zero-order chi connectivity index (χ0) is 15.9. The summed E-state index contributed by atoms with van der Waals surface area (Å²) in [6.45, 7) is 7.00. The summed E-state index contributed by atoms with van der Waals surface area (Å²) in [6.07, 6.45) is 0.936. The van der Waals surface area contributed by atoms with Crippen LogP contribution in [-0.4, -0.2) is 11.9 Å². The van der Waals surface area contributed by atoms with Gasteiger partial charge in [-0.25, -0.2) is 0 Å². The molecule has 2 aromatic rings. The Bertz CT molecular complexity index is 595. The van der Waals surface area contributed by atoms with Gasteiger partial charge in [0.1, 0.15) is 0 Å². The molecule has 1 heterocycles. The standard InChI is InChI=1S/C18H24N2OS/c1-4-13(2)20-18(21)16-8-5-7-15(11-16)12-19-14(3)17-9-6-10-22-17/h5-11,13-14,19H,4,12H2,1-3H3,(H,20,21)/t13-,14+/m0/s1. The predicted octanol–water partition coefficient (Wildman–Crippen LogP) is 4.13. The van der Waals surface area contributed by atoms with Crippen LogP contribution < -0.4 is 10.6 Å². The van der Waals surface area contributed by atoms with Gasteiger partial charge >= 0.3 is 0 Å². The molecule has 0 fully saturated rings. The molecule has 0 aliphatic rings. The maximum atomic E-state index is 12.2. The zero-order valence-electron chi connectivity index (χ0n) is 13.4. The van der Waals surface area contributed by atoms with Crippen LogP contribution in [0.3, 0.4) is 0 Å². The summed E-state index contributed by atoms with van der Waals surface area (Å²) in [5.74, 6) is 0.00232. The molecule has 1 amide bonds. The average molecular weight is 316 g/mol. The smallest absolute Gasteiger partial charge is 0.251 e. The number of thiophene rings is 1. The molecule has 118 valence electrons. The van der Waals surface area contributed by atoms with Crippen molar-refractivity contribution in [3.8, 4) is 0 Å². The Morgan fingerprint density at radius 2 is 2.05 bits per heavy atom. The minimum absolute atomic E-state index is 0.00232. The molecule has 3 nitrogen and oxygen atoms in total. The van der Waals surface area contributed by atoms with Crippen molar-refractivity contribution in [2.45, 2.75) is 45.8 Å². The Labute approximate surface area is 136 Å². The molecule has 0 bridgehead atoms. The van der Waals surface area contributed by atoms with Gasteiger partial charge in [0.15, 0.2) is 0 Å². The highest BCUT2D eigenvalue weighted by atomic mass is 32.1. The molecule has 22 heavy (non-hydrogen) atoms. The van der Waals surface area contributed by atoms with E-state index < -0.39 is 0 Å². The minimum atomic E-state index is 0.00232. The van der Waals surface area contributed by atoms with Gasteiger partial charge in [0, 0.05) is 29.1 Å². The van der Waals surface area contributed by atoms with Gasteiger partial charge in [-0.2, -0.15) is 0 Å². The number of carbonyl (C=O) groups is 1. The molecule has 0 aliphatic carbocycles. The summed E-state index contributed by atoms with van der Waals surface area (Å²) in [4.78, 5) is 13.5. The second kappa shape index (κ2) is 8.11. The maximum absolute atomic E-state index is 12.2. The van der Waals surface area contributed by atoms with Crippen molar-refractivity contribution >= 4 is 17.2 Å². The fourth-order valence-electron chi connectivity index (χ4n) is 2.14. The number of benzene rings is 1. The van der Waals surface area contributed by atoms with Crippen LogP contribution in [-0.2, 0) is 6.54 Å². The lowest BCUT2D eigenvalue weighted by Crippen LogP contribution is -2.32. The van der Waals surface area contributed by atoms with Crippen LogP contribution in [0, 0.1) is 0 Å². The lowest BCUT2D eigenvalue weighted by Gasteiger charge is -2.14. The van der Waals surface area contributed by atoms with Gasteiger partial charge in [-0.15, -0.1) is 11.3 Å². The third-order valence-electron chi connectivity index (χ3n) is 3.76. The number of hydrogen-bond acceptors (Lipinski definition) is 3. The van der Waals surface area contributed by atoms with Gasteiger partial charge in [0.05, 0.1) is 0 Å². The quantitative estimate of drug-likeness (QED) is 0.806. The molecular formula is C18H24N2OS. The Kier molecular flexibility index (Phi) is 6.16. The molecule has 0 saturated heterocycles. The third-order valence-corrected chi connectivity index (χ3v) is 4.82. The lowest BCUT2D eigenvalue weighted by atomic mass is 10.1. The van der Waals surface area contributed by atoms with Crippen LogP contribution in [0.5, 0.6) is 0 Å². The van der Waals surface area contributed by atoms with E-state index >= 15 is 0 Å². The molecule has 1 aromatic heterocycles. The minimum Gasteiger partial charge on any atom is -0.350 e. The largest absolute Gasteiger partial charge is 0.350 e. The fourth-order valence-corrected chi connectivity index (χ4v) is 2.90. The molecule has 0 radical (unpaired) electrons. The fraction of sp³-hybridized carbons (Fsp3) is 0.389. The first-order valence-electron chi connectivity index (χ1n) is 7.76. The van der Waals surface area contributed by atoms with Crippen molar-refractivity contribution in [3.05, 3.63) is 57.8 Å². The van der Waals surface area contributed by atoms with Crippen LogP contribution in [0.25, 0.3) is 0 Å². The van der Waals surface area contributed by atoms with E-state index in [9.17, 15) is 4.79 Å². The first kappa shape index (κ1) is 16.7. The monoisotopic (exact) mass is 316 g/mol. The van der Waals surface area contributed by atoms with Crippen LogP contribution >= 0.6 is 11.3 Å². The molecule has 0 saturated carbocycles. The molecule has 2 atom stereocenters. The van der Waals surface area contributed by atoms with Gasteiger partial charge in [0.2, 0.25) is 0 Å². The highest BCUT2D eigenvalue weighted by Gasteiger charge is 2.10. The van der Waals surface area contributed by atoms with Crippen molar-refractivity contribution in [1.82, 2.24) is 10.6 Å². The first-order chi connectivity index (χ1) is 10.6. The van der Waals surface area contributed by atoms with Crippen molar-refractivity contribution in [2.75, 3.05) is 0 Å². The molecule has 0 unspecified atom stereocenters. The number of hydrogen-bond donors (Lipinski definition) is 2. The Hall–Kier alpha value is -1.65. The maximum Gasteiger partial charge on any atom is 0.251 e. The van der Waals surface area contributed by atoms with Gasteiger partial charge in [-0.1, -0.05) is 25.1 Å². The lowest BCUT2D eigenvalue weighted by molar-refractivity contribution is 0.0939. The average Bonchev–Trinajstić information content (AvgIpc) is 3.07. The van der Waals surface area contributed by atoms with E-state index in [2.05, 4.69) is 42.0 Å². The molecule has 2 rings (SSSR count). The van der Waals surface area contributed by atoms with Crippen LogP contribution in [0.2, 0.25) is 0 Å². The van der Waals surface area contributed by atoms with Gasteiger partial charge in [-0.05, 0) is 49.4 Å². The predicted molar refractivity (Wildman–Crippen MR) is 93.2 cm³/mol. The number of carbonyl (C=O) groups excluding carboxylic acids is 1. The Balaban J connectivity index is 1.95. The van der Waals surface area contributed by atoms with Crippen LogP contribution in [0.15, 0.2) is 41.8 Å². The van der Waals surface area contributed by atoms with E-state index in [0.29, 0.717) is 6.04 Å². The summed E-state index contributed by atoms with van der Waals surface area (Å²) in [5, 5.41) is 8.59. The summed E-state index contributed by atoms with van der Waals surface area (Å²) in [5.41, 5.74) is 1.85.